The van der Waals surface area contributed by atoms with Crippen molar-refractivity contribution in [1.82, 2.24) is 9.97 Å². The largest absolute Gasteiger partial charge is 0.394 e. The minimum Gasteiger partial charge on any atom is -0.394 e. The molecule has 0 amide bonds. The summed E-state index contributed by atoms with van der Waals surface area (Å²) in [7, 11) is 0. The third-order valence-corrected chi connectivity index (χ3v) is 3.76. The number of nitrogens with one attached hydrogen (secondary N) is 1. The van der Waals surface area contributed by atoms with Crippen molar-refractivity contribution in [3.63, 3.8) is 0 Å². The first-order valence-electron chi connectivity index (χ1n) is 6.50. The van der Waals surface area contributed by atoms with Crippen LogP contribution in [0.4, 0.5) is 5.82 Å². The molecule has 0 saturated carbocycles. The summed E-state index contributed by atoms with van der Waals surface area (Å²) in [5.74, 6) is 0.745. The Morgan fingerprint density at radius 3 is 2.44 bits per heavy atom. The van der Waals surface area contributed by atoms with Gasteiger partial charge in [0.25, 0.3) is 0 Å². The van der Waals surface area contributed by atoms with Crippen molar-refractivity contribution < 1.29 is 5.11 Å². The fourth-order valence-electron chi connectivity index (χ4n) is 1.91. The van der Waals surface area contributed by atoms with Gasteiger partial charge in [-0.05, 0) is 19.3 Å². The van der Waals surface area contributed by atoms with Gasteiger partial charge in [-0.1, -0.05) is 38.8 Å². The van der Waals surface area contributed by atoms with Gasteiger partial charge < -0.3 is 10.4 Å². The number of anilines is 1. The highest BCUT2D eigenvalue weighted by molar-refractivity contribution is 6.30. The molecule has 102 valence electrons. The molecule has 0 radical (unpaired) electrons. The number of rotatable bonds is 7. The van der Waals surface area contributed by atoms with Crippen LogP contribution in [0, 0.1) is 0 Å². The molecule has 0 aliphatic heterocycles. The third kappa shape index (κ3) is 3.33. The van der Waals surface area contributed by atoms with E-state index in [1.165, 1.54) is 6.33 Å². The van der Waals surface area contributed by atoms with Crippen molar-refractivity contribution in [2.45, 2.75) is 52.0 Å². The van der Waals surface area contributed by atoms with Crippen molar-refractivity contribution in [3.05, 3.63) is 17.0 Å². The lowest BCUT2D eigenvalue weighted by Crippen LogP contribution is -2.41. The Morgan fingerprint density at radius 2 is 1.94 bits per heavy atom. The van der Waals surface area contributed by atoms with E-state index in [-0.39, 0.29) is 12.1 Å². The van der Waals surface area contributed by atoms with Gasteiger partial charge in [-0.2, -0.15) is 0 Å². The van der Waals surface area contributed by atoms with Crippen molar-refractivity contribution in [3.8, 4) is 0 Å². The van der Waals surface area contributed by atoms with Gasteiger partial charge in [0.1, 0.15) is 17.3 Å². The highest BCUT2D eigenvalue weighted by Crippen LogP contribution is 2.27. The van der Waals surface area contributed by atoms with Crippen LogP contribution in [0.5, 0.6) is 0 Å². The van der Waals surface area contributed by atoms with E-state index in [0.717, 1.165) is 37.1 Å². The summed E-state index contributed by atoms with van der Waals surface area (Å²) >= 11 is 6.11. The van der Waals surface area contributed by atoms with Crippen LogP contribution in [0.2, 0.25) is 5.15 Å². The Balaban J connectivity index is 3.05. The number of aliphatic hydroxyl groups is 1. The van der Waals surface area contributed by atoms with E-state index in [0.29, 0.717) is 5.15 Å². The lowest BCUT2D eigenvalue weighted by Gasteiger charge is -2.32. The highest BCUT2D eigenvalue weighted by Gasteiger charge is 2.26. The predicted octanol–water partition coefficient (Wildman–Crippen LogP) is 3.05. The van der Waals surface area contributed by atoms with Gasteiger partial charge in [0.2, 0.25) is 0 Å². The zero-order valence-corrected chi connectivity index (χ0v) is 12.1. The number of aromatic nitrogens is 2. The van der Waals surface area contributed by atoms with Gasteiger partial charge in [-0.15, -0.1) is 0 Å². The SMILES string of the molecule is CCCc1c(Cl)ncnc1NC(CC)(CC)CO. The molecule has 0 fully saturated rings. The molecule has 0 unspecified atom stereocenters. The van der Waals surface area contributed by atoms with E-state index in [1.54, 1.807) is 0 Å². The lowest BCUT2D eigenvalue weighted by atomic mass is 9.93. The molecule has 1 heterocycles. The molecule has 0 saturated heterocycles. The number of hydrogen-bond donors (Lipinski definition) is 2. The second-order valence-electron chi connectivity index (χ2n) is 4.51. The molecular weight excluding hydrogens is 250 g/mol. The molecule has 0 aliphatic rings. The second kappa shape index (κ2) is 6.90. The Morgan fingerprint density at radius 1 is 1.28 bits per heavy atom. The van der Waals surface area contributed by atoms with E-state index in [4.69, 9.17) is 11.6 Å². The fourth-order valence-corrected chi connectivity index (χ4v) is 2.14. The second-order valence-corrected chi connectivity index (χ2v) is 4.87. The molecule has 2 N–H and O–H groups in total. The quantitative estimate of drug-likeness (QED) is 0.749. The first-order chi connectivity index (χ1) is 8.62. The molecule has 5 heteroatoms. The van der Waals surface area contributed by atoms with Gasteiger partial charge in [0.15, 0.2) is 0 Å². The van der Waals surface area contributed by atoms with E-state index >= 15 is 0 Å². The minimum atomic E-state index is -0.333. The van der Waals surface area contributed by atoms with Crippen LogP contribution in [0.3, 0.4) is 0 Å². The molecule has 0 aromatic carbocycles. The van der Waals surface area contributed by atoms with Crippen molar-refractivity contribution in [2.24, 2.45) is 0 Å². The minimum absolute atomic E-state index is 0.0766. The van der Waals surface area contributed by atoms with Crippen LogP contribution < -0.4 is 5.32 Å². The molecular formula is C13H22ClN3O. The topological polar surface area (TPSA) is 58.0 Å². The Hall–Kier alpha value is -0.870. The average molecular weight is 272 g/mol. The van der Waals surface area contributed by atoms with Gasteiger partial charge in [0, 0.05) is 5.56 Å². The lowest BCUT2D eigenvalue weighted by molar-refractivity contribution is 0.202. The summed E-state index contributed by atoms with van der Waals surface area (Å²) in [4.78, 5) is 8.29. The summed E-state index contributed by atoms with van der Waals surface area (Å²) < 4.78 is 0. The van der Waals surface area contributed by atoms with Crippen molar-refractivity contribution >= 4 is 17.4 Å². The van der Waals surface area contributed by atoms with Gasteiger partial charge in [-0.3, -0.25) is 0 Å². The smallest absolute Gasteiger partial charge is 0.137 e. The number of hydrogen-bond acceptors (Lipinski definition) is 4. The number of aliphatic hydroxyl groups excluding tert-OH is 1. The Bertz CT molecular complexity index is 372. The van der Waals surface area contributed by atoms with Crippen LogP contribution in [-0.2, 0) is 6.42 Å². The number of nitrogens with zero attached hydrogens (tertiary/aromatic N) is 2. The third-order valence-electron chi connectivity index (χ3n) is 3.43. The highest BCUT2D eigenvalue weighted by atomic mass is 35.5. The first kappa shape index (κ1) is 15.2. The molecule has 4 nitrogen and oxygen atoms in total. The summed E-state index contributed by atoms with van der Waals surface area (Å²) in [6.07, 6.45) is 4.92. The molecule has 1 aromatic heterocycles. The zero-order valence-electron chi connectivity index (χ0n) is 11.3. The van der Waals surface area contributed by atoms with Gasteiger partial charge in [0.05, 0.1) is 12.1 Å². The summed E-state index contributed by atoms with van der Waals surface area (Å²) in [6, 6.07) is 0. The summed E-state index contributed by atoms with van der Waals surface area (Å²) in [6.45, 7) is 6.27. The van der Waals surface area contributed by atoms with Crippen LogP contribution in [0.15, 0.2) is 6.33 Å². The summed E-state index contributed by atoms with van der Waals surface area (Å²) in [5, 5.41) is 13.4. The zero-order chi connectivity index (χ0) is 13.6. The monoisotopic (exact) mass is 271 g/mol. The molecule has 0 spiro atoms. The first-order valence-corrected chi connectivity index (χ1v) is 6.88. The predicted molar refractivity (Wildman–Crippen MR) is 75.1 cm³/mol. The van der Waals surface area contributed by atoms with Gasteiger partial charge in [-0.25, -0.2) is 9.97 Å². The molecule has 1 rings (SSSR count). The van der Waals surface area contributed by atoms with Crippen LogP contribution in [0.1, 0.15) is 45.6 Å². The van der Waals surface area contributed by atoms with Crippen LogP contribution >= 0.6 is 11.6 Å². The van der Waals surface area contributed by atoms with Gasteiger partial charge >= 0.3 is 0 Å². The Labute approximate surface area is 114 Å². The van der Waals surface area contributed by atoms with E-state index in [9.17, 15) is 5.11 Å². The van der Waals surface area contributed by atoms with E-state index in [2.05, 4.69) is 36.1 Å². The molecule has 18 heavy (non-hydrogen) atoms. The van der Waals surface area contributed by atoms with Crippen LogP contribution in [-0.4, -0.2) is 27.2 Å². The average Bonchev–Trinajstić information content (AvgIpc) is 2.40. The maximum Gasteiger partial charge on any atom is 0.137 e. The van der Waals surface area contributed by atoms with Crippen molar-refractivity contribution in [2.75, 3.05) is 11.9 Å². The Kier molecular flexibility index (Phi) is 5.82. The normalized spacial score (nSPS) is 11.6. The maximum atomic E-state index is 9.59. The fraction of sp³-hybridized carbons (Fsp3) is 0.692. The molecule has 1 aromatic rings. The van der Waals surface area contributed by atoms with E-state index in [1.807, 2.05) is 0 Å². The maximum absolute atomic E-state index is 9.59. The van der Waals surface area contributed by atoms with Crippen LogP contribution in [0.25, 0.3) is 0 Å². The molecule has 0 aliphatic carbocycles. The summed E-state index contributed by atoms with van der Waals surface area (Å²) in [5.41, 5.74) is 0.599. The standard InChI is InChI=1S/C13H22ClN3O/c1-4-7-10-11(14)15-9-16-12(10)17-13(5-2,6-3)8-18/h9,18H,4-8H2,1-3H3,(H,15,16,17). The molecule has 0 atom stereocenters. The number of halogens is 1. The molecule has 0 bridgehead atoms. The van der Waals surface area contributed by atoms with Crippen molar-refractivity contribution in [1.29, 1.82) is 0 Å². The van der Waals surface area contributed by atoms with E-state index < -0.39 is 0 Å².